The lowest BCUT2D eigenvalue weighted by molar-refractivity contribution is -0.290. The maximum Gasteiger partial charge on any atom is 0.402 e. The predicted molar refractivity (Wildman–Crippen MR) is 46.7 cm³/mol. The molecule has 1 heterocycles. The highest BCUT2D eigenvalue weighted by atomic mass is 19.4. The molecule has 0 aliphatic heterocycles. The van der Waals surface area contributed by atoms with Gasteiger partial charge in [0.25, 0.3) is 0 Å². The van der Waals surface area contributed by atoms with Gasteiger partial charge in [0, 0.05) is 6.20 Å². The lowest BCUT2D eigenvalue weighted by Gasteiger charge is -2.28. The van der Waals surface area contributed by atoms with Crippen LogP contribution in [0.25, 0.3) is 0 Å². The van der Waals surface area contributed by atoms with E-state index in [0.29, 0.717) is 18.5 Å². The zero-order valence-electron chi connectivity index (χ0n) is 8.56. The minimum Gasteiger partial charge on any atom is -0.323 e. The van der Waals surface area contributed by atoms with Gasteiger partial charge in [-0.3, -0.25) is 4.98 Å². The lowest BCUT2D eigenvalue weighted by Crippen LogP contribution is -2.44. The van der Waals surface area contributed by atoms with Crippen LogP contribution < -0.4 is 5.73 Å². The molecule has 0 saturated carbocycles. The Balaban J connectivity index is 3.15. The molecule has 1 atom stereocenters. The summed E-state index contributed by atoms with van der Waals surface area (Å²) in [5.41, 5.74) is 4.26. The van der Waals surface area contributed by atoms with Crippen LogP contribution in [0.5, 0.6) is 0 Å². The van der Waals surface area contributed by atoms with Crippen molar-refractivity contribution in [3.8, 4) is 0 Å². The second-order valence-corrected chi connectivity index (χ2v) is 3.52. The van der Waals surface area contributed by atoms with Gasteiger partial charge in [0.05, 0.1) is 12.2 Å². The molecule has 102 valence electrons. The van der Waals surface area contributed by atoms with Crippen LogP contribution in [0.3, 0.4) is 0 Å². The van der Waals surface area contributed by atoms with Crippen LogP contribution >= 0.6 is 0 Å². The van der Waals surface area contributed by atoms with Crippen molar-refractivity contribution in [3.63, 3.8) is 0 Å². The Kier molecular flexibility index (Phi) is 3.84. The molecule has 18 heavy (non-hydrogen) atoms. The third-order valence-electron chi connectivity index (χ3n) is 2.18. The van der Waals surface area contributed by atoms with Crippen molar-refractivity contribution in [2.24, 2.45) is 11.7 Å². The van der Waals surface area contributed by atoms with Crippen LogP contribution in [0.4, 0.5) is 30.7 Å². The van der Waals surface area contributed by atoms with E-state index < -0.39 is 35.7 Å². The van der Waals surface area contributed by atoms with Crippen molar-refractivity contribution < 1.29 is 30.7 Å². The summed E-state index contributed by atoms with van der Waals surface area (Å²) in [5, 5.41) is 0. The summed E-state index contributed by atoms with van der Waals surface area (Å²) in [7, 11) is 0. The number of alkyl halides is 6. The van der Waals surface area contributed by atoms with Gasteiger partial charge in [-0.1, -0.05) is 0 Å². The molecule has 0 saturated heterocycles. The summed E-state index contributed by atoms with van der Waals surface area (Å²) in [6.45, 7) is 0. The third kappa shape index (κ3) is 3.31. The van der Waals surface area contributed by atoms with Crippen molar-refractivity contribution >= 4 is 0 Å². The quantitative estimate of drug-likeness (QED) is 0.843. The first-order valence-corrected chi connectivity index (χ1v) is 4.53. The van der Waals surface area contributed by atoms with Crippen molar-refractivity contribution in [2.75, 3.05) is 0 Å². The fourth-order valence-corrected chi connectivity index (χ4v) is 1.40. The van der Waals surface area contributed by atoms with E-state index in [4.69, 9.17) is 5.73 Å². The minimum absolute atomic E-state index is 0.488. The smallest absolute Gasteiger partial charge is 0.323 e. The number of nitrogens with two attached hydrogens (primary N) is 1. The second-order valence-electron chi connectivity index (χ2n) is 3.52. The van der Waals surface area contributed by atoms with Crippen molar-refractivity contribution in [2.45, 2.75) is 18.4 Å². The van der Waals surface area contributed by atoms with Gasteiger partial charge >= 0.3 is 12.4 Å². The van der Waals surface area contributed by atoms with Gasteiger partial charge < -0.3 is 5.73 Å². The lowest BCUT2D eigenvalue weighted by atomic mass is 9.93. The first-order chi connectivity index (χ1) is 8.03. The Bertz CT molecular complexity index is 398. The Morgan fingerprint density at radius 2 is 1.50 bits per heavy atom. The molecule has 1 aromatic rings. The zero-order valence-corrected chi connectivity index (χ0v) is 8.56. The molecule has 1 rings (SSSR count). The van der Waals surface area contributed by atoms with Crippen LogP contribution in [-0.4, -0.2) is 17.3 Å². The molecular weight excluding hydrogens is 269 g/mol. The van der Waals surface area contributed by atoms with Gasteiger partial charge in [-0.15, -0.1) is 0 Å². The molecule has 1 aromatic heterocycles. The highest BCUT2D eigenvalue weighted by Gasteiger charge is 2.59. The van der Waals surface area contributed by atoms with Crippen LogP contribution in [0, 0.1) is 11.7 Å². The Morgan fingerprint density at radius 3 is 1.89 bits per heavy atom. The molecule has 0 spiro atoms. The summed E-state index contributed by atoms with van der Waals surface area (Å²) in [5.74, 6) is -4.83. The maximum atomic E-state index is 12.7. The molecule has 1 unspecified atom stereocenters. The fourth-order valence-electron chi connectivity index (χ4n) is 1.40. The standard InChI is InChI=1S/C9H7F7N2/c10-5-1-4(2-18-3-5)6(17)7(8(11,12)13)9(14,15)16/h1-3,6-7H,17H2. The average molecular weight is 276 g/mol. The van der Waals surface area contributed by atoms with Crippen LogP contribution in [0.15, 0.2) is 18.5 Å². The monoisotopic (exact) mass is 276 g/mol. The second kappa shape index (κ2) is 4.71. The fraction of sp³-hybridized carbons (Fsp3) is 0.444. The van der Waals surface area contributed by atoms with E-state index in [-0.39, 0.29) is 0 Å². The first-order valence-electron chi connectivity index (χ1n) is 4.53. The Labute approximate surface area is 96.6 Å². The number of hydrogen-bond acceptors (Lipinski definition) is 2. The predicted octanol–water partition coefficient (Wildman–Crippen LogP) is 2.96. The van der Waals surface area contributed by atoms with E-state index in [9.17, 15) is 30.7 Å². The molecule has 0 aliphatic rings. The van der Waals surface area contributed by atoms with Gasteiger partial charge in [-0.25, -0.2) is 4.39 Å². The van der Waals surface area contributed by atoms with Crippen LogP contribution in [-0.2, 0) is 0 Å². The molecule has 0 aromatic carbocycles. The topological polar surface area (TPSA) is 38.9 Å². The average Bonchev–Trinajstić information content (AvgIpc) is 2.12. The zero-order chi connectivity index (χ0) is 14.1. The SMILES string of the molecule is NC(c1cncc(F)c1)C(C(F)(F)F)C(F)(F)F. The summed E-state index contributed by atoms with van der Waals surface area (Å²) in [6, 6.07) is -1.98. The maximum absolute atomic E-state index is 12.7. The molecular formula is C9H7F7N2. The number of aromatic nitrogens is 1. The molecule has 0 amide bonds. The van der Waals surface area contributed by atoms with Gasteiger partial charge in [0.2, 0.25) is 0 Å². The van der Waals surface area contributed by atoms with Gasteiger partial charge in [0.15, 0.2) is 5.92 Å². The van der Waals surface area contributed by atoms with E-state index in [2.05, 4.69) is 4.98 Å². The van der Waals surface area contributed by atoms with E-state index >= 15 is 0 Å². The molecule has 0 fully saturated rings. The molecule has 2 N–H and O–H groups in total. The van der Waals surface area contributed by atoms with Crippen LogP contribution in [0.1, 0.15) is 11.6 Å². The third-order valence-corrected chi connectivity index (χ3v) is 2.18. The highest BCUT2D eigenvalue weighted by Crippen LogP contribution is 2.45. The summed E-state index contributed by atoms with van der Waals surface area (Å²) in [6.07, 6.45) is -9.85. The number of rotatable bonds is 2. The van der Waals surface area contributed by atoms with E-state index in [1.54, 1.807) is 0 Å². The van der Waals surface area contributed by atoms with Gasteiger partial charge in [0.1, 0.15) is 5.82 Å². The van der Waals surface area contributed by atoms with Crippen molar-refractivity contribution in [1.82, 2.24) is 4.98 Å². The largest absolute Gasteiger partial charge is 0.402 e. The summed E-state index contributed by atoms with van der Waals surface area (Å²) < 4.78 is 86.7. The van der Waals surface area contributed by atoms with Gasteiger partial charge in [-0.05, 0) is 11.6 Å². The first kappa shape index (κ1) is 14.7. The van der Waals surface area contributed by atoms with Crippen LogP contribution in [0.2, 0.25) is 0 Å². The normalized spacial score (nSPS) is 14.9. The minimum atomic E-state index is -5.58. The highest BCUT2D eigenvalue weighted by molar-refractivity contribution is 5.16. The van der Waals surface area contributed by atoms with Crippen molar-refractivity contribution in [3.05, 3.63) is 29.8 Å². The molecule has 0 radical (unpaired) electrons. The summed E-state index contributed by atoms with van der Waals surface area (Å²) >= 11 is 0. The Hall–Kier alpha value is -1.38. The van der Waals surface area contributed by atoms with E-state index in [1.807, 2.05) is 0 Å². The van der Waals surface area contributed by atoms with E-state index in [1.165, 1.54) is 0 Å². The molecule has 0 bridgehead atoms. The number of nitrogens with zero attached hydrogens (tertiary/aromatic N) is 1. The van der Waals surface area contributed by atoms with E-state index in [0.717, 1.165) is 0 Å². The number of hydrogen-bond donors (Lipinski definition) is 1. The van der Waals surface area contributed by atoms with Crippen molar-refractivity contribution in [1.29, 1.82) is 0 Å². The number of pyridine rings is 1. The summed E-state index contributed by atoms with van der Waals surface area (Å²) in [4.78, 5) is 3.16. The molecule has 0 aliphatic carbocycles. The molecule has 9 heteroatoms. The Morgan fingerprint density at radius 1 is 1.00 bits per heavy atom. The molecule has 2 nitrogen and oxygen atoms in total. The number of halogens is 7. The van der Waals surface area contributed by atoms with Gasteiger partial charge in [-0.2, -0.15) is 26.3 Å².